The van der Waals surface area contributed by atoms with Gasteiger partial charge in [-0.25, -0.2) is 0 Å². The van der Waals surface area contributed by atoms with Crippen LogP contribution in [0.4, 0.5) is 0 Å². The van der Waals surface area contributed by atoms with E-state index in [4.69, 9.17) is 4.74 Å². The van der Waals surface area contributed by atoms with Crippen LogP contribution in [0.1, 0.15) is 59.3 Å². The smallest absolute Gasteiger partial charge is 0.0478 e. The Balaban J connectivity index is 1.93. The Morgan fingerprint density at radius 2 is 1.95 bits per heavy atom. The van der Waals surface area contributed by atoms with Gasteiger partial charge in [-0.15, -0.1) is 0 Å². The van der Waals surface area contributed by atoms with Crippen LogP contribution >= 0.6 is 0 Å². The van der Waals surface area contributed by atoms with Crippen LogP contribution in [0, 0.1) is 0 Å². The molecule has 2 aliphatic rings. The molecule has 1 spiro atoms. The second kappa shape index (κ2) is 6.55. The molecule has 0 radical (unpaired) electrons. The van der Waals surface area contributed by atoms with Crippen molar-refractivity contribution in [2.45, 2.75) is 70.4 Å². The van der Waals surface area contributed by atoms with E-state index in [-0.39, 0.29) is 0 Å². The van der Waals surface area contributed by atoms with Gasteiger partial charge >= 0.3 is 0 Å². The quantitative estimate of drug-likeness (QED) is 0.750. The van der Waals surface area contributed by atoms with E-state index < -0.39 is 0 Å². The summed E-state index contributed by atoms with van der Waals surface area (Å²) in [4.78, 5) is 2.74. The standard InChI is InChI=1S/C16H32N2O/c1-4-15(3)13-17-16(9-6-7-10-16)14-18(15)11-8-12-19-5-2/h17H,4-14H2,1-3H3. The summed E-state index contributed by atoms with van der Waals surface area (Å²) in [7, 11) is 0. The van der Waals surface area contributed by atoms with Gasteiger partial charge in [0.25, 0.3) is 0 Å². The average Bonchev–Trinajstić information content (AvgIpc) is 2.88. The predicted octanol–water partition coefficient (Wildman–Crippen LogP) is 2.80. The van der Waals surface area contributed by atoms with Gasteiger partial charge in [0.2, 0.25) is 0 Å². The van der Waals surface area contributed by atoms with E-state index in [1.165, 1.54) is 51.6 Å². The molecule has 2 rings (SSSR count). The lowest BCUT2D eigenvalue weighted by atomic mass is 9.85. The number of rotatable bonds is 6. The largest absolute Gasteiger partial charge is 0.382 e. The highest BCUT2D eigenvalue weighted by Crippen LogP contribution is 2.36. The summed E-state index contributed by atoms with van der Waals surface area (Å²) in [6.07, 6.45) is 7.94. The van der Waals surface area contributed by atoms with Crippen molar-refractivity contribution in [1.82, 2.24) is 10.2 Å². The monoisotopic (exact) mass is 268 g/mol. The molecule has 112 valence electrons. The Morgan fingerprint density at radius 3 is 2.58 bits per heavy atom. The lowest BCUT2D eigenvalue weighted by molar-refractivity contribution is 0.00732. The predicted molar refractivity (Wildman–Crippen MR) is 80.6 cm³/mol. The second-order valence-corrected chi connectivity index (χ2v) is 6.66. The molecule has 0 aromatic carbocycles. The van der Waals surface area contributed by atoms with Crippen LogP contribution in [-0.4, -0.2) is 48.8 Å². The van der Waals surface area contributed by atoms with Gasteiger partial charge in [-0.2, -0.15) is 0 Å². The van der Waals surface area contributed by atoms with Crippen molar-refractivity contribution >= 4 is 0 Å². The summed E-state index contributed by atoms with van der Waals surface area (Å²) >= 11 is 0. The van der Waals surface area contributed by atoms with Crippen LogP contribution in [-0.2, 0) is 4.74 Å². The van der Waals surface area contributed by atoms with E-state index in [1.807, 2.05) is 0 Å². The minimum Gasteiger partial charge on any atom is -0.382 e. The molecule has 1 unspecified atom stereocenters. The lowest BCUT2D eigenvalue weighted by Gasteiger charge is -2.52. The van der Waals surface area contributed by atoms with Crippen molar-refractivity contribution < 1.29 is 4.74 Å². The van der Waals surface area contributed by atoms with E-state index in [0.29, 0.717) is 11.1 Å². The first-order valence-corrected chi connectivity index (χ1v) is 8.22. The first kappa shape index (κ1) is 15.3. The zero-order chi connectivity index (χ0) is 13.8. The maximum absolute atomic E-state index is 5.50. The van der Waals surface area contributed by atoms with Crippen LogP contribution < -0.4 is 5.32 Å². The SMILES string of the molecule is CCOCCCN1CC2(CCCC2)NCC1(C)CC. The highest BCUT2D eigenvalue weighted by Gasteiger charge is 2.44. The van der Waals surface area contributed by atoms with E-state index in [2.05, 4.69) is 31.0 Å². The Bertz CT molecular complexity index is 276. The lowest BCUT2D eigenvalue weighted by Crippen LogP contribution is -2.68. The first-order chi connectivity index (χ1) is 9.14. The molecular weight excluding hydrogens is 236 g/mol. The van der Waals surface area contributed by atoms with Gasteiger partial charge in [0.05, 0.1) is 0 Å². The third-order valence-corrected chi connectivity index (χ3v) is 5.34. The molecule has 1 N–H and O–H groups in total. The van der Waals surface area contributed by atoms with Crippen LogP contribution in [0.3, 0.4) is 0 Å². The zero-order valence-corrected chi connectivity index (χ0v) is 13.1. The van der Waals surface area contributed by atoms with Gasteiger partial charge in [-0.3, -0.25) is 4.90 Å². The molecule has 3 heteroatoms. The average molecular weight is 268 g/mol. The summed E-state index contributed by atoms with van der Waals surface area (Å²) in [5.74, 6) is 0. The maximum Gasteiger partial charge on any atom is 0.0478 e. The Kier molecular flexibility index (Phi) is 5.27. The summed E-state index contributed by atoms with van der Waals surface area (Å²) in [6, 6.07) is 0. The summed E-state index contributed by atoms with van der Waals surface area (Å²) < 4.78 is 5.50. The Morgan fingerprint density at radius 1 is 1.21 bits per heavy atom. The molecule has 1 atom stereocenters. The van der Waals surface area contributed by atoms with Crippen molar-refractivity contribution in [1.29, 1.82) is 0 Å². The Labute approximate surface area is 119 Å². The number of hydrogen-bond donors (Lipinski definition) is 1. The van der Waals surface area contributed by atoms with Gasteiger partial charge in [0, 0.05) is 43.9 Å². The molecule has 19 heavy (non-hydrogen) atoms. The highest BCUT2D eigenvalue weighted by molar-refractivity contribution is 5.05. The maximum atomic E-state index is 5.50. The third kappa shape index (κ3) is 3.50. The fourth-order valence-electron chi connectivity index (χ4n) is 3.69. The van der Waals surface area contributed by atoms with Crippen molar-refractivity contribution in [3.63, 3.8) is 0 Å². The molecule has 0 aromatic heterocycles. The molecule has 1 aliphatic carbocycles. The van der Waals surface area contributed by atoms with Crippen molar-refractivity contribution in [2.24, 2.45) is 0 Å². The molecule has 1 saturated carbocycles. The topological polar surface area (TPSA) is 24.5 Å². The Hall–Kier alpha value is -0.120. The highest BCUT2D eigenvalue weighted by atomic mass is 16.5. The van der Waals surface area contributed by atoms with Crippen LogP contribution in [0.5, 0.6) is 0 Å². The van der Waals surface area contributed by atoms with E-state index in [0.717, 1.165) is 19.8 Å². The van der Waals surface area contributed by atoms with E-state index in [9.17, 15) is 0 Å². The first-order valence-electron chi connectivity index (χ1n) is 8.22. The fourth-order valence-corrected chi connectivity index (χ4v) is 3.69. The normalized spacial score (nSPS) is 31.1. The van der Waals surface area contributed by atoms with Gasteiger partial charge in [-0.05, 0) is 39.5 Å². The van der Waals surface area contributed by atoms with E-state index >= 15 is 0 Å². The molecule has 0 amide bonds. The number of ether oxygens (including phenoxy) is 1. The molecule has 1 aliphatic heterocycles. The molecule has 2 fully saturated rings. The van der Waals surface area contributed by atoms with Gasteiger partial charge in [0.15, 0.2) is 0 Å². The minimum atomic E-state index is 0.333. The van der Waals surface area contributed by atoms with Gasteiger partial charge in [-0.1, -0.05) is 19.8 Å². The molecule has 3 nitrogen and oxygen atoms in total. The second-order valence-electron chi connectivity index (χ2n) is 6.66. The number of piperazine rings is 1. The molecule has 1 heterocycles. The molecule has 0 bridgehead atoms. The number of nitrogens with zero attached hydrogens (tertiary/aromatic N) is 1. The number of hydrogen-bond acceptors (Lipinski definition) is 3. The molecule has 0 aromatic rings. The zero-order valence-electron chi connectivity index (χ0n) is 13.1. The van der Waals surface area contributed by atoms with Crippen molar-refractivity contribution in [3.8, 4) is 0 Å². The summed E-state index contributed by atoms with van der Waals surface area (Å²) in [6.45, 7) is 12.2. The van der Waals surface area contributed by atoms with Crippen LogP contribution in [0.25, 0.3) is 0 Å². The fraction of sp³-hybridized carbons (Fsp3) is 1.00. The summed E-state index contributed by atoms with van der Waals surface area (Å²) in [5.41, 5.74) is 0.764. The van der Waals surface area contributed by atoms with Gasteiger partial charge < -0.3 is 10.1 Å². The third-order valence-electron chi connectivity index (χ3n) is 5.34. The number of nitrogens with one attached hydrogen (secondary N) is 1. The van der Waals surface area contributed by atoms with Crippen LogP contribution in [0.15, 0.2) is 0 Å². The summed E-state index contributed by atoms with van der Waals surface area (Å²) in [5, 5.41) is 3.89. The van der Waals surface area contributed by atoms with Crippen molar-refractivity contribution in [3.05, 3.63) is 0 Å². The molecular formula is C16H32N2O. The molecule has 1 saturated heterocycles. The van der Waals surface area contributed by atoms with Crippen molar-refractivity contribution in [2.75, 3.05) is 32.8 Å². The van der Waals surface area contributed by atoms with E-state index in [1.54, 1.807) is 0 Å². The van der Waals surface area contributed by atoms with Gasteiger partial charge in [0.1, 0.15) is 0 Å². The minimum absolute atomic E-state index is 0.333. The van der Waals surface area contributed by atoms with Crippen LogP contribution in [0.2, 0.25) is 0 Å².